The number of benzene rings is 3. The summed E-state index contributed by atoms with van der Waals surface area (Å²) in [5, 5.41) is 5.41. The van der Waals surface area contributed by atoms with Gasteiger partial charge in [-0.3, -0.25) is 4.79 Å². The molecule has 0 unspecified atom stereocenters. The predicted molar refractivity (Wildman–Crippen MR) is 152 cm³/mol. The minimum Gasteiger partial charge on any atom is -0.494 e. The van der Waals surface area contributed by atoms with Crippen LogP contribution in [0.25, 0.3) is 22.0 Å². The fraction of sp³-hybridized carbons (Fsp3) is 0.100. The fourth-order valence-corrected chi connectivity index (χ4v) is 4.39. The third-order valence-electron chi connectivity index (χ3n) is 5.94. The van der Waals surface area contributed by atoms with Crippen LogP contribution in [-0.2, 0) is 0 Å². The molecule has 5 rings (SSSR count). The van der Waals surface area contributed by atoms with Crippen molar-refractivity contribution in [3.8, 4) is 28.4 Å². The van der Waals surface area contributed by atoms with E-state index in [1.54, 1.807) is 30.3 Å². The number of amides is 1. The molecule has 202 valence electrons. The Morgan fingerprint density at radius 2 is 1.90 bits per heavy atom. The predicted octanol–water partition coefficient (Wildman–Crippen LogP) is 6.47. The number of aromatic amines is 1. The van der Waals surface area contributed by atoms with Crippen molar-refractivity contribution in [3.05, 3.63) is 101 Å². The van der Waals surface area contributed by atoms with Crippen LogP contribution < -0.4 is 19.6 Å². The van der Waals surface area contributed by atoms with Crippen molar-refractivity contribution in [2.24, 2.45) is 5.10 Å². The van der Waals surface area contributed by atoms with Crippen molar-refractivity contribution < 1.29 is 28.2 Å². The second-order valence-electron chi connectivity index (χ2n) is 8.47. The lowest BCUT2D eigenvalue weighted by Gasteiger charge is -2.09. The first-order valence-corrected chi connectivity index (χ1v) is 12.7. The Bertz CT molecular complexity index is 1710. The Morgan fingerprint density at radius 3 is 2.65 bits per heavy atom. The van der Waals surface area contributed by atoms with Gasteiger partial charge < -0.3 is 23.6 Å². The molecule has 0 bridgehead atoms. The van der Waals surface area contributed by atoms with Crippen LogP contribution in [0.5, 0.6) is 17.2 Å². The molecule has 0 radical (unpaired) electrons. The summed E-state index contributed by atoms with van der Waals surface area (Å²) < 4.78 is 21.4. The van der Waals surface area contributed by atoms with E-state index in [0.717, 1.165) is 10.9 Å². The maximum absolute atomic E-state index is 13.3. The molecule has 2 aromatic heterocycles. The third kappa shape index (κ3) is 5.55. The van der Waals surface area contributed by atoms with Crippen molar-refractivity contribution in [2.75, 3.05) is 13.7 Å². The standard InChI is InChI=1S/C30H24ClN3O6/c1-3-38-19-11-12-23-21(16-19)27(20-7-4-5-8-22(20)31)28(33-23)29(35)34-32-17-18-10-13-24(26(15-18)37-2)40-30(36)25-9-6-14-39-25/h4-17,33H,3H2,1-2H3,(H,34,35). The van der Waals surface area contributed by atoms with Crippen LogP contribution in [0.3, 0.4) is 0 Å². The topological polar surface area (TPSA) is 115 Å². The Balaban J connectivity index is 1.39. The number of methoxy groups -OCH3 is 1. The molecule has 40 heavy (non-hydrogen) atoms. The van der Waals surface area contributed by atoms with E-state index in [-0.39, 0.29) is 11.5 Å². The fourth-order valence-electron chi connectivity index (χ4n) is 4.16. The number of hydrazone groups is 1. The number of rotatable bonds is 9. The molecule has 0 saturated carbocycles. The first-order chi connectivity index (χ1) is 19.5. The number of H-pyrrole nitrogens is 1. The number of carbonyl (C=O) groups excluding carboxylic acids is 2. The molecule has 0 atom stereocenters. The lowest BCUT2D eigenvalue weighted by atomic mass is 10.0. The molecule has 2 N–H and O–H groups in total. The van der Waals surface area contributed by atoms with Gasteiger partial charge in [0.25, 0.3) is 5.91 Å². The highest BCUT2D eigenvalue weighted by Gasteiger charge is 2.21. The largest absolute Gasteiger partial charge is 0.494 e. The average Bonchev–Trinajstić information content (AvgIpc) is 3.63. The van der Waals surface area contributed by atoms with E-state index >= 15 is 0 Å². The molecular formula is C30H24ClN3O6. The number of aromatic nitrogens is 1. The molecule has 0 spiro atoms. The number of ether oxygens (including phenoxy) is 3. The summed E-state index contributed by atoms with van der Waals surface area (Å²) in [6.07, 6.45) is 2.83. The van der Waals surface area contributed by atoms with Crippen LogP contribution in [0.15, 0.2) is 88.6 Å². The third-order valence-corrected chi connectivity index (χ3v) is 6.27. The summed E-state index contributed by atoms with van der Waals surface area (Å²) in [5.74, 6) is 0.141. The van der Waals surface area contributed by atoms with Gasteiger partial charge in [0, 0.05) is 27.1 Å². The summed E-state index contributed by atoms with van der Waals surface area (Å²) in [5.41, 5.74) is 5.54. The normalized spacial score (nSPS) is 11.1. The molecule has 0 aliphatic rings. The highest BCUT2D eigenvalue weighted by molar-refractivity contribution is 6.34. The summed E-state index contributed by atoms with van der Waals surface area (Å²) in [7, 11) is 1.45. The quantitative estimate of drug-likeness (QED) is 0.0928. The number of furan rings is 1. The lowest BCUT2D eigenvalue weighted by Crippen LogP contribution is -2.19. The van der Waals surface area contributed by atoms with Crippen LogP contribution >= 0.6 is 11.6 Å². The molecule has 0 saturated heterocycles. The molecule has 5 aromatic rings. The van der Waals surface area contributed by atoms with Crippen molar-refractivity contribution in [2.45, 2.75) is 6.92 Å². The zero-order chi connectivity index (χ0) is 28.1. The van der Waals surface area contributed by atoms with Crippen molar-refractivity contribution >= 4 is 40.6 Å². The van der Waals surface area contributed by atoms with Gasteiger partial charge in [0.1, 0.15) is 11.4 Å². The molecular weight excluding hydrogens is 534 g/mol. The molecule has 2 heterocycles. The van der Waals surface area contributed by atoms with Crippen molar-refractivity contribution in [1.29, 1.82) is 0 Å². The van der Waals surface area contributed by atoms with Gasteiger partial charge in [-0.25, -0.2) is 10.2 Å². The van der Waals surface area contributed by atoms with Gasteiger partial charge in [0.2, 0.25) is 5.76 Å². The van der Waals surface area contributed by atoms with E-state index in [4.69, 9.17) is 30.2 Å². The summed E-state index contributed by atoms with van der Waals surface area (Å²) >= 11 is 6.52. The van der Waals surface area contributed by atoms with E-state index in [1.807, 2.05) is 43.3 Å². The summed E-state index contributed by atoms with van der Waals surface area (Å²) in [6, 6.07) is 20.8. The van der Waals surface area contributed by atoms with Gasteiger partial charge in [-0.1, -0.05) is 29.8 Å². The molecule has 9 nitrogen and oxygen atoms in total. The number of carbonyl (C=O) groups is 2. The minimum absolute atomic E-state index is 0.0673. The first-order valence-electron chi connectivity index (χ1n) is 12.3. The molecule has 10 heteroatoms. The highest BCUT2D eigenvalue weighted by atomic mass is 35.5. The molecule has 0 aliphatic carbocycles. The van der Waals surface area contributed by atoms with Crippen molar-refractivity contribution in [3.63, 3.8) is 0 Å². The second kappa shape index (κ2) is 11.8. The molecule has 1 amide bonds. The Morgan fingerprint density at radius 1 is 1.05 bits per heavy atom. The Labute approximate surface area is 234 Å². The number of fused-ring (bicyclic) bond motifs is 1. The van der Waals surface area contributed by atoms with Crippen LogP contribution in [0.2, 0.25) is 5.02 Å². The van der Waals surface area contributed by atoms with Gasteiger partial charge in [0.15, 0.2) is 11.5 Å². The van der Waals surface area contributed by atoms with Gasteiger partial charge in [-0.2, -0.15) is 5.10 Å². The Hall–Kier alpha value is -5.02. The number of esters is 1. The number of hydrogen-bond donors (Lipinski definition) is 2. The number of nitrogens with one attached hydrogen (secondary N) is 2. The van der Waals surface area contributed by atoms with Gasteiger partial charge >= 0.3 is 5.97 Å². The van der Waals surface area contributed by atoms with Gasteiger partial charge in [0.05, 0.1) is 26.2 Å². The number of hydrogen-bond acceptors (Lipinski definition) is 7. The van der Waals surface area contributed by atoms with E-state index in [1.165, 1.54) is 25.7 Å². The van der Waals surface area contributed by atoms with Crippen LogP contribution in [0.4, 0.5) is 0 Å². The Kier molecular flexibility index (Phi) is 7.84. The lowest BCUT2D eigenvalue weighted by molar-refractivity contribution is 0.0696. The monoisotopic (exact) mass is 557 g/mol. The van der Waals surface area contributed by atoms with E-state index in [0.29, 0.717) is 45.5 Å². The SMILES string of the molecule is CCOc1ccc2[nH]c(C(=O)NN=Cc3ccc(OC(=O)c4ccco4)c(OC)c3)c(-c3ccccc3Cl)c2c1. The van der Waals surface area contributed by atoms with Crippen LogP contribution in [0.1, 0.15) is 33.5 Å². The van der Waals surface area contributed by atoms with E-state index in [9.17, 15) is 9.59 Å². The van der Waals surface area contributed by atoms with Crippen molar-refractivity contribution in [1.82, 2.24) is 10.4 Å². The smallest absolute Gasteiger partial charge is 0.379 e. The van der Waals surface area contributed by atoms with Crippen LogP contribution in [-0.4, -0.2) is 36.8 Å². The summed E-state index contributed by atoms with van der Waals surface area (Å²) in [4.78, 5) is 28.7. The first kappa shape index (κ1) is 26.6. The maximum Gasteiger partial charge on any atom is 0.379 e. The molecule has 0 fully saturated rings. The summed E-state index contributed by atoms with van der Waals surface area (Å²) in [6.45, 7) is 2.42. The van der Waals surface area contributed by atoms with Gasteiger partial charge in [-0.05, 0) is 67.1 Å². The maximum atomic E-state index is 13.3. The average molecular weight is 558 g/mol. The highest BCUT2D eigenvalue weighted by Crippen LogP contribution is 2.38. The molecule has 3 aromatic carbocycles. The number of nitrogens with zero attached hydrogens (tertiary/aromatic N) is 1. The zero-order valence-electron chi connectivity index (χ0n) is 21.6. The van der Waals surface area contributed by atoms with Gasteiger partial charge in [-0.15, -0.1) is 0 Å². The van der Waals surface area contributed by atoms with Crippen LogP contribution in [0, 0.1) is 0 Å². The molecule has 0 aliphatic heterocycles. The number of halogens is 1. The minimum atomic E-state index is -0.655. The van der Waals surface area contributed by atoms with E-state index < -0.39 is 11.9 Å². The second-order valence-corrected chi connectivity index (χ2v) is 8.88. The van der Waals surface area contributed by atoms with E-state index in [2.05, 4.69) is 15.5 Å². The zero-order valence-corrected chi connectivity index (χ0v) is 22.3.